The maximum atomic E-state index is 13.4. The lowest BCUT2D eigenvalue weighted by atomic mass is 10.2. The van der Waals surface area contributed by atoms with Crippen molar-refractivity contribution in [3.8, 4) is 5.75 Å². The second-order valence-corrected chi connectivity index (χ2v) is 4.53. The fraction of sp³-hybridized carbons (Fsp3) is 0.182. The largest absolute Gasteiger partial charge is 0.508 e. The summed E-state index contributed by atoms with van der Waals surface area (Å²) in [6.07, 6.45) is 0.723. The number of nitrogens with one attached hydrogen (secondary N) is 1. The number of hydrogen-bond acceptors (Lipinski definition) is 5. The number of aryl methyl sites for hydroxylation is 1. The number of aromatic hydroxyl groups is 1. The third-order valence-corrected chi connectivity index (χ3v) is 3.17. The summed E-state index contributed by atoms with van der Waals surface area (Å²) >= 11 is 1.24. The summed E-state index contributed by atoms with van der Waals surface area (Å²) in [5.74, 6) is -1.63. The Morgan fingerprint density at radius 2 is 2.28 bits per heavy atom. The van der Waals surface area contributed by atoms with Crippen LogP contribution in [0.1, 0.15) is 22.3 Å². The van der Waals surface area contributed by atoms with Crippen LogP contribution in [0.2, 0.25) is 0 Å². The van der Waals surface area contributed by atoms with Crippen molar-refractivity contribution < 1.29 is 14.3 Å². The van der Waals surface area contributed by atoms with Crippen molar-refractivity contribution in [3.05, 3.63) is 34.6 Å². The van der Waals surface area contributed by atoms with Crippen molar-refractivity contribution in [1.82, 2.24) is 10.2 Å². The molecule has 0 radical (unpaired) electrons. The van der Waals surface area contributed by atoms with E-state index in [2.05, 4.69) is 15.5 Å². The van der Waals surface area contributed by atoms with Gasteiger partial charge in [-0.1, -0.05) is 18.3 Å². The second-order valence-electron chi connectivity index (χ2n) is 3.47. The molecule has 0 aliphatic heterocycles. The van der Waals surface area contributed by atoms with Gasteiger partial charge in [0.2, 0.25) is 5.13 Å². The first kappa shape index (κ1) is 12.4. The highest BCUT2D eigenvalue weighted by Gasteiger charge is 2.14. The van der Waals surface area contributed by atoms with Gasteiger partial charge in [0.1, 0.15) is 16.6 Å². The average molecular weight is 267 g/mol. The number of anilines is 1. The molecular formula is C11H10FN3O2S. The predicted molar refractivity (Wildman–Crippen MR) is 65.3 cm³/mol. The second kappa shape index (κ2) is 5.09. The van der Waals surface area contributed by atoms with Crippen LogP contribution in [0.3, 0.4) is 0 Å². The average Bonchev–Trinajstić information content (AvgIpc) is 2.76. The third kappa shape index (κ3) is 2.62. The number of nitrogens with zero attached hydrogens (tertiary/aromatic N) is 2. The summed E-state index contributed by atoms with van der Waals surface area (Å²) in [5, 5.41) is 20.2. The number of rotatable bonds is 3. The molecule has 0 bridgehead atoms. The van der Waals surface area contributed by atoms with Gasteiger partial charge in [-0.3, -0.25) is 10.1 Å². The Balaban J connectivity index is 2.16. The quantitative estimate of drug-likeness (QED) is 0.894. The van der Waals surface area contributed by atoms with Crippen molar-refractivity contribution in [2.75, 3.05) is 5.32 Å². The Kier molecular flexibility index (Phi) is 3.52. The van der Waals surface area contributed by atoms with Gasteiger partial charge in [0.25, 0.3) is 5.91 Å². The summed E-state index contributed by atoms with van der Waals surface area (Å²) in [6, 6.07) is 3.34. The molecule has 1 aromatic carbocycles. The fourth-order valence-electron chi connectivity index (χ4n) is 1.30. The van der Waals surface area contributed by atoms with Gasteiger partial charge in [0.05, 0.1) is 5.56 Å². The monoisotopic (exact) mass is 267 g/mol. The van der Waals surface area contributed by atoms with Crippen molar-refractivity contribution in [2.24, 2.45) is 0 Å². The minimum atomic E-state index is -0.785. The highest BCUT2D eigenvalue weighted by molar-refractivity contribution is 7.15. The molecule has 7 heteroatoms. The summed E-state index contributed by atoms with van der Waals surface area (Å²) in [7, 11) is 0. The zero-order chi connectivity index (χ0) is 13.1. The van der Waals surface area contributed by atoms with Gasteiger partial charge in [-0.15, -0.1) is 10.2 Å². The van der Waals surface area contributed by atoms with Crippen molar-refractivity contribution in [3.63, 3.8) is 0 Å². The first-order valence-electron chi connectivity index (χ1n) is 5.22. The lowest BCUT2D eigenvalue weighted by Gasteiger charge is -2.02. The van der Waals surface area contributed by atoms with Crippen LogP contribution in [0, 0.1) is 5.82 Å². The zero-order valence-corrected chi connectivity index (χ0v) is 10.3. The third-order valence-electron chi connectivity index (χ3n) is 2.19. The minimum absolute atomic E-state index is 0.152. The topological polar surface area (TPSA) is 75.1 Å². The van der Waals surface area contributed by atoms with Crippen LogP contribution in [0.15, 0.2) is 18.2 Å². The predicted octanol–water partition coefficient (Wildman–Crippen LogP) is 2.20. The van der Waals surface area contributed by atoms with E-state index >= 15 is 0 Å². The van der Waals surface area contributed by atoms with Gasteiger partial charge in [-0.25, -0.2) is 4.39 Å². The summed E-state index contributed by atoms with van der Waals surface area (Å²) in [4.78, 5) is 11.7. The molecule has 0 fully saturated rings. The molecule has 0 saturated carbocycles. The van der Waals surface area contributed by atoms with E-state index in [0.29, 0.717) is 5.13 Å². The Bertz CT molecular complexity index is 585. The molecule has 2 rings (SSSR count). The van der Waals surface area contributed by atoms with Gasteiger partial charge in [0.15, 0.2) is 0 Å². The summed E-state index contributed by atoms with van der Waals surface area (Å²) < 4.78 is 13.4. The molecule has 1 heterocycles. The maximum absolute atomic E-state index is 13.4. The molecule has 1 aromatic heterocycles. The number of benzene rings is 1. The molecule has 1 amide bonds. The number of carbonyl (C=O) groups is 1. The molecule has 0 aliphatic carbocycles. The van der Waals surface area contributed by atoms with E-state index in [1.54, 1.807) is 0 Å². The van der Waals surface area contributed by atoms with E-state index in [4.69, 9.17) is 5.11 Å². The molecule has 0 aliphatic rings. The van der Waals surface area contributed by atoms with Gasteiger partial charge in [-0.05, 0) is 18.6 Å². The van der Waals surface area contributed by atoms with Crippen LogP contribution in [0.5, 0.6) is 5.75 Å². The molecule has 2 N–H and O–H groups in total. The number of carbonyl (C=O) groups excluding carboxylic acids is 1. The Labute approximate surface area is 106 Å². The fourth-order valence-corrected chi connectivity index (χ4v) is 1.97. The number of halogens is 1. The van der Waals surface area contributed by atoms with Crippen LogP contribution in [0.25, 0.3) is 0 Å². The zero-order valence-electron chi connectivity index (χ0n) is 9.48. The van der Waals surface area contributed by atoms with Crippen LogP contribution < -0.4 is 5.32 Å². The minimum Gasteiger partial charge on any atom is -0.508 e. The van der Waals surface area contributed by atoms with E-state index in [9.17, 15) is 9.18 Å². The van der Waals surface area contributed by atoms with Crippen molar-refractivity contribution >= 4 is 22.4 Å². The first-order valence-corrected chi connectivity index (χ1v) is 6.04. The molecule has 18 heavy (non-hydrogen) atoms. The Morgan fingerprint density at radius 3 is 2.89 bits per heavy atom. The lowest BCUT2D eigenvalue weighted by Crippen LogP contribution is -2.13. The molecule has 94 valence electrons. The van der Waals surface area contributed by atoms with E-state index in [-0.39, 0.29) is 11.3 Å². The molecule has 2 aromatic rings. The van der Waals surface area contributed by atoms with Gasteiger partial charge < -0.3 is 5.11 Å². The Hall–Kier alpha value is -2.02. The van der Waals surface area contributed by atoms with E-state index in [0.717, 1.165) is 17.5 Å². The standard InChI is InChI=1S/C11H10FN3O2S/c1-2-9-14-15-11(18-9)13-10(17)7-4-3-6(16)5-8(7)12/h3-5,16H,2H2,1H3,(H,13,15,17). The normalized spacial score (nSPS) is 10.3. The number of phenols is 1. The van der Waals surface area contributed by atoms with Crippen molar-refractivity contribution in [2.45, 2.75) is 13.3 Å². The first-order chi connectivity index (χ1) is 8.60. The molecule has 5 nitrogen and oxygen atoms in total. The van der Waals surface area contributed by atoms with E-state index in [1.807, 2.05) is 6.92 Å². The van der Waals surface area contributed by atoms with Crippen LogP contribution in [-0.2, 0) is 6.42 Å². The number of phenolic OH excluding ortho intramolecular Hbond substituents is 1. The molecule has 0 spiro atoms. The highest BCUT2D eigenvalue weighted by atomic mass is 32.1. The number of hydrogen-bond donors (Lipinski definition) is 2. The SMILES string of the molecule is CCc1nnc(NC(=O)c2ccc(O)cc2F)s1. The van der Waals surface area contributed by atoms with Gasteiger partial charge >= 0.3 is 0 Å². The highest BCUT2D eigenvalue weighted by Crippen LogP contribution is 2.19. The van der Waals surface area contributed by atoms with Gasteiger partial charge in [-0.2, -0.15) is 0 Å². The molecular weight excluding hydrogens is 257 g/mol. The van der Waals surface area contributed by atoms with Gasteiger partial charge in [0, 0.05) is 6.07 Å². The van der Waals surface area contributed by atoms with Crippen molar-refractivity contribution in [1.29, 1.82) is 0 Å². The summed E-state index contributed by atoms with van der Waals surface area (Å²) in [6.45, 7) is 1.92. The van der Waals surface area contributed by atoms with E-state index in [1.165, 1.54) is 23.5 Å². The van der Waals surface area contributed by atoms with Crippen LogP contribution in [0.4, 0.5) is 9.52 Å². The lowest BCUT2D eigenvalue weighted by molar-refractivity contribution is 0.102. The number of amides is 1. The number of aromatic nitrogens is 2. The maximum Gasteiger partial charge on any atom is 0.260 e. The van der Waals surface area contributed by atoms with E-state index < -0.39 is 11.7 Å². The molecule has 0 saturated heterocycles. The smallest absolute Gasteiger partial charge is 0.260 e. The molecule has 0 unspecified atom stereocenters. The van der Waals surface area contributed by atoms with Crippen LogP contribution in [-0.4, -0.2) is 21.2 Å². The molecule has 0 atom stereocenters. The Morgan fingerprint density at radius 1 is 1.50 bits per heavy atom. The van der Waals surface area contributed by atoms with Crippen LogP contribution >= 0.6 is 11.3 Å². The summed E-state index contributed by atoms with van der Waals surface area (Å²) in [5.41, 5.74) is -0.152.